The average Bonchev–Trinajstić information content (AvgIpc) is 3.12. The maximum atomic E-state index is 12.4. The van der Waals surface area contributed by atoms with Crippen LogP contribution in [0.3, 0.4) is 0 Å². The van der Waals surface area contributed by atoms with Crippen molar-refractivity contribution in [3.63, 3.8) is 0 Å². The van der Waals surface area contributed by atoms with Gasteiger partial charge in [-0.15, -0.1) is 23.7 Å². The molecular weight excluding hydrogens is 376 g/mol. The summed E-state index contributed by atoms with van der Waals surface area (Å²) in [5.74, 6) is -0.258. The lowest BCUT2D eigenvalue weighted by molar-refractivity contribution is -0.117. The Morgan fingerprint density at radius 1 is 1.35 bits per heavy atom. The Balaban J connectivity index is 0.00000243. The second kappa shape index (κ2) is 7.71. The fourth-order valence-corrected chi connectivity index (χ4v) is 3.41. The van der Waals surface area contributed by atoms with Crippen LogP contribution in [0.15, 0.2) is 24.4 Å². The molecule has 10 heteroatoms. The third kappa shape index (κ3) is 3.94. The number of rotatable bonds is 4. The van der Waals surface area contributed by atoms with Gasteiger partial charge in [-0.25, -0.2) is 4.98 Å². The lowest BCUT2D eigenvalue weighted by atomic mass is 10.2. The monoisotopic (exact) mass is 394 g/mol. The van der Waals surface area contributed by atoms with Crippen LogP contribution in [0.25, 0.3) is 10.2 Å². The SMILES string of the molecule is Cc1nn(C)c2sc(C(=O)NC(C)C(=O)Nc3ccc(N)nc3)cc12.Cl. The van der Waals surface area contributed by atoms with E-state index in [1.165, 1.54) is 17.5 Å². The normalized spacial score (nSPS) is 11.7. The smallest absolute Gasteiger partial charge is 0.262 e. The number of carbonyl (C=O) groups is 2. The molecule has 0 saturated carbocycles. The van der Waals surface area contributed by atoms with E-state index >= 15 is 0 Å². The fraction of sp³-hybridized carbons (Fsp3) is 0.250. The van der Waals surface area contributed by atoms with Crippen LogP contribution in [0.4, 0.5) is 11.5 Å². The van der Waals surface area contributed by atoms with Crippen molar-refractivity contribution in [1.29, 1.82) is 0 Å². The number of anilines is 2. The summed E-state index contributed by atoms with van der Waals surface area (Å²) in [5.41, 5.74) is 6.89. The first kappa shape index (κ1) is 19.7. The molecule has 0 saturated heterocycles. The Kier molecular flexibility index (Phi) is 5.83. The highest BCUT2D eigenvalue weighted by molar-refractivity contribution is 7.20. The minimum atomic E-state index is -0.700. The van der Waals surface area contributed by atoms with E-state index in [2.05, 4.69) is 20.7 Å². The number of aromatic nitrogens is 3. The van der Waals surface area contributed by atoms with Crippen molar-refractivity contribution in [2.45, 2.75) is 19.9 Å². The second-order valence-corrected chi connectivity index (χ2v) is 6.73. The Hall–Kier alpha value is -2.65. The standard InChI is InChI=1S/C16H18N6O2S.ClH/c1-8-11-6-12(25-16(11)22(3)21-8)15(24)19-9(2)14(23)20-10-4-5-13(17)18-7-10;/h4-7,9H,1-3H3,(H2,17,18)(H,19,24)(H,20,23);1H. The molecule has 4 N–H and O–H groups in total. The van der Waals surface area contributed by atoms with Crippen molar-refractivity contribution < 1.29 is 9.59 Å². The number of pyridine rings is 1. The average molecular weight is 395 g/mol. The summed E-state index contributed by atoms with van der Waals surface area (Å²) in [6.45, 7) is 3.52. The highest BCUT2D eigenvalue weighted by Gasteiger charge is 2.20. The van der Waals surface area contributed by atoms with E-state index in [1.54, 1.807) is 29.8 Å². The van der Waals surface area contributed by atoms with Crippen molar-refractivity contribution in [3.8, 4) is 0 Å². The number of hydrogen-bond acceptors (Lipinski definition) is 6. The molecule has 3 rings (SSSR count). The van der Waals surface area contributed by atoms with Gasteiger partial charge < -0.3 is 16.4 Å². The number of carbonyl (C=O) groups excluding carboxylic acids is 2. The lowest BCUT2D eigenvalue weighted by Gasteiger charge is -2.13. The molecule has 3 aromatic rings. The zero-order chi connectivity index (χ0) is 18.1. The van der Waals surface area contributed by atoms with Crippen LogP contribution in [0.5, 0.6) is 0 Å². The van der Waals surface area contributed by atoms with Crippen molar-refractivity contribution in [2.24, 2.45) is 7.05 Å². The van der Waals surface area contributed by atoms with Crippen LogP contribution < -0.4 is 16.4 Å². The third-order valence-electron chi connectivity index (χ3n) is 3.71. The summed E-state index contributed by atoms with van der Waals surface area (Å²) in [6.07, 6.45) is 1.46. The first-order valence-electron chi connectivity index (χ1n) is 7.61. The Morgan fingerprint density at radius 3 is 2.69 bits per heavy atom. The Bertz CT molecular complexity index is 915. The molecule has 0 fully saturated rings. The molecule has 2 amide bonds. The van der Waals surface area contributed by atoms with E-state index in [1.807, 2.05) is 14.0 Å². The van der Waals surface area contributed by atoms with Gasteiger partial charge >= 0.3 is 0 Å². The largest absolute Gasteiger partial charge is 0.384 e. The minimum Gasteiger partial charge on any atom is -0.384 e. The van der Waals surface area contributed by atoms with Crippen molar-refractivity contribution in [3.05, 3.63) is 35.0 Å². The van der Waals surface area contributed by atoms with Gasteiger partial charge in [-0.05, 0) is 32.0 Å². The van der Waals surface area contributed by atoms with E-state index in [9.17, 15) is 9.59 Å². The number of nitrogens with two attached hydrogens (primary N) is 1. The van der Waals surface area contributed by atoms with E-state index in [4.69, 9.17) is 5.73 Å². The number of fused-ring (bicyclic) bond motifs is 1. The molecule has 0 bridgehead atoms. The molecule has 0 aromatic carbocycles. The Labute approximate surface area is 160 Å². The quantitative estimate of drug-likeness (QED) is 0.626. The van der Waals surface area contributed by atoms with Crippen molar-refractivity contribution in [2.75, 3.05) is 11.1 Å². The molecule has 0 radical (unpaired) electrons. The molecular formula is C16H19ClN6O2S. The lowest BCUT2D eigenvalue weighted by Crippen LogP contribution is -2.41. The van der Waals surface area contributed by atoms with Crippen LogP contribution in [0.2, 0.25) is 0 Å². The molecule has 26 heavy (non-hydrogen) atoms. The first-order valence-corrected chi connectivity index (χ1v) is 8.43. The van der Waals surface area contributed by atoms with E-state index in [0.29, 0.717) is 16.4 Å². The highest BCUT2D eigenvalue weighted by atomic mass is 35.5. The van der Waals surface area contributed by atoms with Crippen LogP contribution in [0.1, 0.15) is 22.3 Å². The van der Waals surface area contributed by atoms with E-state index < -0.39 is 6.04 Å². The van der Waals surface area contributed by atoms with Gasteiger partial charge in [-0.1, -0.05) is 0 Å². The number of amides is 2. The molecule has 1 unspecified atom stereocenters. The molecule has 3 heterocycles. The van der Waals surface area contributed by atoms with Gasteiger partial charge in [0.05, 0.1) is 22.5 Å². The number of nitrogen functional groups attached to an aromatic ring is 1. The minimum absolute atomic E-state index is 0. The summed E-state index contributed by atoms with van der Waals surface area (Å²) in [7, 11) is 1.84. The number of nitrogens with one attached hydrogen (secondary N) is 2. The zero-order valence-electron chi connectivity index (χ0n) is 14.4. The topological polar surface area (TPSA) is 115 Å². The number of nitrogens with zero attached hydrogens (tertiary/aromatic N) is 3. The zero-order valence-corrected chi connectivity index (χ0v) is 16.1. The van der Waals surface area contributed by atoms with Crippen molar-refractivity contribution >= 4 is 57.3 Å². The summed E-state index contributed by atoms with van der Waals surface area (Å²) in [6, 6.07) is 4.34. The van der Waals surface area contributed by atoms with E-state index in [-0.39, 0.29) is 24.2 Å². The molecule has 0 aliphatic rings. The summed E-state index contributed by atoms with van der Waals surface area (Å²) in [5, 5.41) is 10.6. The third-order valence-corrected chi connectivity index (χ3v) is 4.92. The molecule has 0 aliphatic heterocycles. The van der Waals surface area contributed by atoms with Gasteiger partial charge in [-0.2, -0.15) is 5.10 Å². The van der Waals surface area contributed by atoms with E-state index in [0.717, 1.165) is 15.9 Å². The van der Waals surface area contributed by atoms with Gasteiger partial charge in [0.25, 0.3) is 5.91 Å². The maximum Gasteiger partial charge on any atom is 0.262 e. The Morgan fingerprint density at radius 2 is 2.08 bits per heavy atom. The number of aryl methyl sites for hydroxylation is 2. The molecule has 3 aromatic heterocycles. The van der Waals surface area contributed by atoms with Gasteiger partial charge in [-0.3, -0.25) is 14.3 Å². The molecule has 0 spiro atoms. The highest BCUT2D eigenvalue weighted by Crippen LogP contribution is 2.27. The second-order valence-electron chi connectivity index (χ2n) is 5.69. The summed E-state index contributed by atoms with van der Waals surface area (Å²) >= 11 is 1.34. The van der Waals surface area contributed by atoms with Crippen molar-refractivity contribution in [1.82, 2.24) is 20.1 Å². The number of halogens is 1. The maximum absolute atomic E-state index is 12.4. The van der Waals surface area contributed by atoms with Crippen LogP contribution in [-0.4, -0.2) is 32.6 Å². The van der Waals surface area contributed by atoms with Gasteiger partial charge in [0.15, 0.2) is 0 Å². The van der Waals surface area contributed by atoms with Gasteiger partial charge in [0.2, 0.25) is 5.91 Å². The number of hydrogen-bond donors (Lipinski definition) is 3. The van der Waals surface area contributed by atoms with Crippen LogP contribution in [-0.2, 0) is 11.8 Å². The summed E-state index contributed by atoms with van der Waals surface area (Å²) in [4.78, 5) is 30.0. The van der Waals surface area contributed by atoms with Gasteiger partial charge in [0, 0.05) is 12.4 Å². The van der Waals surface area contributed by atoms with Crippen LogP contribution in [0, 0.1) is 6.92 Å². The first-order chi connectivity index (χ1) is 11.8. The fourth-order valence-electron chi connectivity index (χ4n) is 2.38. The molecule has 138 valence electrons. The molecule has 1 atom stereocenters. The predicted molar refractivity (Wildman–Crippen MR) is 105 cm³/mol. The molecule has 8 nitrogen and oxygen atoms in total. The van der Waals surface area contributed by atoms with Crippen LogP contribution >= 0.6 is 23.7 Å². The predicted octanol–water partition coefficient (Wildman–Crippen LogP) is 2.10. The number of thiophene rings is 1. The van der Waals surface area contributed by atoms with Gasteiger partial charge in [0.1, 0.15) is 16.7 Å². The summed E-state index contributed by atoms with van der Waals surface area (Å²) < 4.78 is 1.75. The molecule has 0 aliphatic carbocycles.